The number of rotatable bonds is 6. The first-order valence-corrected chi connectivity index (χ1v) is 11.6. The molecule has 0 spiro atoms. The van der Waals surface area contributed by atoms with Gasteiger partial charge in [-0.2, -0.15) is 0 Å². The van der Waals surface area contributed by atoms with E-state index in [2.05, 4.69) is 20.3 Å². The molecule has 10 heteroatoms. The van der Waals surface area contributed by atoms with E-state index in [0.29, 0.717) is 28.1 Å². The van der Waals surface area contributed by atoms with E-state index in [1.54, 1.807) is 50.4 Å². The van der Waals surface area contributed by atoms with Crippen LogP contribution >= 0.6 is 0 Å². The number of anilines is 1. The van der Waals surface area contributed by atoms with E-state index in [1.807, 2.05) is 0 Å². The third kappa shape index (κ3) is 4.33. The molecule has 168 valence electrons. The largest absolute Gasteiger partial charge is 0.366 e. The van der Waals surface area contributed by atoms with E-state index < -0.39 is 26.9 Å². The maximum Gasteiger partial charge on any atom is 0.259 e. The first-order chi connectivity index (χ1) is 15.7. The van der Waals surface area contributed by atoms with Crippen molar-refractivity contribution in [2.75, 3.05) is 5.32 Å². The van der Waals surface area contributed by atoms with Gasteiger partial charge in [0.25, 0.3) is 5.91 Å². The second-order valence-electron chi connectivity index (χ2n) is 7.67. The molecule has 0 bridgehead atoms. The summed E-state index contributed by atoms with van der Waals surface area (Å²) in [5, 5.41) is 2.20. The van der Waals surface area contributed by atoms with Crippen molar-refractivity contribution in [3.63, 3.8) is 0 Å². The summed E-state index contributed by atoms with van der Waals surface area (Å²) in [6.45, 7) is 3.26. The molecule has 2 aromatic carbocycles. The van der Waals surface area contributed by atoms with Crippen LogP contribution in [0.4, 0.5) is 5.69 Å². The van der Waals surface area contributed by atoms with Crippen LogP contribution in [0.5, 0.6) is 0 Å². The van der Waals surface area contributed by atoms with E-state index in [0.717, 1.165) is 0 Å². The van der Waals surface area contributed by atoms with Crippen molar-refractivity contribution in [2.24, 2.45) is 5.73 Å². The zero-order valence-electron chi connectivity index (χ0n) is 17.9. The lowest BCUT2D eigenvalue weighted by Crippen LogP contribution is -2.14. The third-order valence-electron chi connectivity index (χ3n) is 5.13. The average molecular weight is 464 g/mol. The molecule has 0 aliphatic carbocycles. The quantitative estimate of drug-likeness (QED) is 0.400. The first-order valence-electron chi connectivity index (χ1n) is 10.1. The Labute approximate surface area is 190 Å². The predicted molar refractivity (Wildman–Crippen MR) is 125 cm³/mol. The summed E-state index contributed by atoms with van der Waals surface area (Å²) in [7, 11) is -3.38. The number of aromatic amines is 1. The monoisotopic (exact) mass is 463 g/mol. The molecule has 0 atom stereocenters. The molecule has 2 amide bonds. The molecular weight excluding hydrogens is 442 g/mol. The summed E-state index contributed by atoms with van der Waals surface area (Å²) in [4.78, 5) is 36.3. The molecular formula is C23H21N5O4S. The fraction of sp³-hybridized carbons (Fsp3) is 0.130. The molecule has 0 fully saturated rings. The normalized spacial score (nSPS) is 11.6. The van der Waals surface area contributed by atoms with Crippen LogP contribution in [0.2, 0.25) is 0 Å². The minimum absolute atomic E-state index is 0.232. The van der Waals surface area contributed by atoms with Gasteiger partial charge in [-0.1, -0.05) is 18.2 Å². The number of nitrogens with zero attached hydrogens (tertiary/aromatic N) is 2. The van der Waals surface area contributed by atoms with Crippen LogP contribution in [0, 0.1) is 0 Å². The number of nitrogens with one attached hydrogen (secondary N) is 2. The second-order valence-corrected chi connectivity index (χ2v) is 10.2. The van der Waals surface area contributed by atoms with Crippen LogP contribution in [0.15, 0.2) is 65.8 Å². The van der Waals surface area contributed by atoms with Crippen LogP contribution in [0.1, 0.15) is 34.6 Å². The number of carbonyl (C=O) groups is 2. The Bertz CT molecular complexity index is 1470. The van der Waals surface area contributed by atoms with Crippen molar-refractivity contribution in [2.45, 2.75) is 24.0 Å². The van der Waals surface area contributed by atoms with E-state index in [4.69, 9.17) is 5.73 Å². The molecule has 0 radical (unpaired) electrons. The lowest BCUT2D eigenvalue weighted by Gasteiger charge is -2.08. The molecule has 0 saturated carbocycles. The van der Waals surface area contributed by atoms with E-state index in [9.17, 15) is 18.0 Å². The third-order valence-corrected chi connectivity index (χ3v) is 7.30. The zero-order valence-corrected chi connectivity index (χ0v) is 18.7. The number of primary amides is 1. The average Bonchev–Trinajstić information content (AvgIpc) is 3.22. The van der Waals surface area contributed by atoms with E-state index in [-0.39, 0.29) is 16.0 Å². The predicted octanol–water partition coefficient (Wildman–Crippen LogP) is 3.16. The fourth-order valence-corrected chi connectivity index (χ4v) is 4.30. The molecule has 4 aromatic rings. The fourth-order valence-electron chi connectivity index (χ4n) is 3.24. The van der Waals surface area contributed by atoms with Crippen molar-refractivity contribution in [3.05, 3.63) is 72.1 Å². The Morgan fingerprint density at radius 2 is 1.82 bits per heavy atom. The lowest BCUT2D eigenvalue weighted by atomic mass is 10.1. The number of amides is 2. The standard InChI is InChI=1S/C23H21N5O4S/c1-13(2)33(31,32)17-8-6-14(7-9-17)19-12-26-22-20(28-19)18(11-25-22)23(30)27-16-5-3-4-15(10-16)21(24)29/h3-13H,1-2H3,(H2,24,29)(H,25,26)(H,27,30). The molecule has 0 saturated heterocycles. The van der Waals surface area contributed by atoms with Crippen LogP contribution in [-0.2, 0) is 9.84 Å². The summed E-state index contributed by atoms with van der Waals surface area (Å²) >= 11 is 0. The lowest BCUT2D eigenvalue weighted by molar-refractivity contribution is 0.0996. The number of nitrogens with two attached hydrogens (primary N) is 1. The first kappa shape index (κ1) is 22.2. The topological polar surface area (TPSA) is 148 Å². The van der Waals surface area contributed by atoms with Gasteiger partial charge in [-0.15, -0.1) is 0 Å². The number of hydrogen-bond acceptors (Lipinski definition) is 6. The van der Waals surface area contributed by atoms with Crippen molar-refractivity contribution in [1.82, 2.24) is 15.0 Å². The van der Waals surface area contributed by atoms with Gasteiger partial charge < -0.3 is 16.0 Å². The van der Waals surface area contributed by atoms with Crippen LogP contribution in [0.3, 0.4) is 0 Å². The summed E-state index contributed by atoms with van der Waals surface area (Å²) < 4.78 is 24.7. The second kappa shape index (κ2) is 8.47. The minimum atomic E-state index is -3.38. The van der Waals surface area contributed by atoms with Crippen LogP contribution in [0.25, 0.3) is 22.4 Å². The van der Waals surface area contributed by atoms with Gasteiger partial charge in [-0.05, 0) is 44.2 Å². The van der Waals surface area contributed by atoms with Gasteiger partial charge >= 0.3 is 0 Å². The highest BCUT2D eigenvalue weighted by Crippen LogP contribution is 2.24. The van der Waals surface area contributed by atoms with Crippen LogP contribution in [-0.4, -0.2) is 40.4 Å². The number of carbonyl (C=O) groups excluding carboxylic acids is 2. The molecule has 0 aliphatic rings. The van der Waals surface area contributed by atoms with Gasteiger partial charge in [0.15, 0.2) is 15.5 Å². The molecule has 2 heterocycles. The number of aromatic nitrogens is 3. The van der Waals surface area contributed by atoms with Gasteiger partial charge in [0.1, 0.15) is 5.52 Å². The molecule has 33 heavy (non-hydrogen) atoms. The maximum absolute atomic E-state index is 12.9. The van der Waals surface area contributed by atoms with Gasteiger partial charge in [-0.25, -0.2) is 18.4 Å². The highest BCUT2D eigenvalue weighted by molar-refractivity contribution is 7.92. The van der Waals surface area contributed by atoms with Crippen LogP contribution < -0.4 is 11.1 Å². The minimum Gasteiger partial charge on any atom is -0.366 e. The van der Waals surface area contributed by atoms with Crippen molar-refractivity contribution in [1.29, 1.82) is 0 Å². The Morgan fingerprint density at radius 1 is 1.09 bits per heavy atom. The molecule has 2 aromatic heterocycles. The molecule has 9 nitrogen and oxygen atoms in total. The smallest absolute Gasteiger partial charge is 0.259 e. The number of sulfone groups is 1. The van der Waals surface area contributed by atoms with Gasteiger partial charge in [0, 0.05) is 23.0 Å². The summed E-state index contributed by atoms with van der Waals surface area (Å²) in [6.07, 6.45) is 3.04. The highest BCUT2D eigenvalue weighted by atomic mass is 32.2. The van der Waals surface area contributed by atoms with Gasteiger partial charge in [0.05, 0.1) is 27.6 Å². The summed E-state index contributed by atoms with van der Waals surface area (Å²) in [6, 6.07) is 12.7. The number of H-pyrrole nitrogens is 1. The Morgan fingerprint density at radius 3 is 2.48 bits per heavy atom. The highest BCUT2D eigenvalue weighted by Gasteiger charge is 2.20. The molecule has 0 aliphatic heterocycles. The Kier molecular flexibility index (Phi) is 5.69. The van der Waals surface area contributed by atoms with Crippen molar-refractivity contribution < 1.29 is 18.0 Å². The summed E-state index contributed by atoms with van der Waals surface area (Å²) in [5.41, 5.74) is 8.18. The van der Waals surface area contributed by atoms with Crippen molar-refractivity contribution >= 4 is 38.5 Å². The summed E-state index contributed by atoms with van der Waals surface area (Å²) in [5.74, 6) is -1.03. The van der Waals surface area contributed by atoms with Gasteiger partial charge in [0.2, 0.25) is 5.91 Å². The van der Waals surface area contributed by atoms with Gasteiger partial charge in [-0.3, -0.25) is 9.59 Å². The van der Waals surface area contributed by atoms with Crippen molar-refractivity contribution in [3.8, 4) is 11.3 Å². The number of benzene rings is 2. The van der Waals surface area contributed by atoms with E-state index in [1.165, 1.54) is 24.4 Å². The molecule has 4 rings (SSSR count). The number of hydrogen-bond donors (Lipinski definition) is 3. The number of fused-ring (bicyclic) bond motifs is 1. The zero-order chi connectivity index (χ0) is 23.8. The Balaban J connectivity index is 1.65. The maximum atomic E-state index is 12.9. The Hall–Kier alpha value is -4.05. The SMILES string of the molecule is CC(C)S(=O)(=O)c1ccc(-c2cnc3[nH]cc(C(=O)Nc4cccc(C(N)=O)c4)c3n2)cc1. The molecule has 0 unspecified atom stereocenters. The molecule has 4 N–H and O–H groups in total. The van der Waals surface area contributed by atoms with E-state index >= 15 is 0 Å².